The van der Waals surface area contributed by atoms with Crippen LogP contribution >= 0.6 is 0 Å². The lowest BCUT2D eigenvalue weighted by Gasteiger charge is -2.75. The summed E-state index contributed by atoms with van der Waals surface area (Å²) in [7, 11) is 0. The van der Waals surface area contributed by atoms with Crippen molar-refractivity contribution in [2.45, 2.75) is 126 Å². The number of aliphatic hydroxyl groups excluding tert-OH is 1. The van der Waals surface area contributed by atoms with Crippen LogP contribution in [0.4, 0.5) is 4.79 Å². The fraction of sp³-hybridized carbons (Fsp3) is 0.935. The van der Waals surface area contributed by atoms with E-state index in [-0.39, 0.29) is 16.7 Å². The Hall–Kier alpha value is -1.10. The molecule has 10 unspecified atom stereocenters. The molecule has 2 amide bonds. The van der Waals surface area contributed by atoms with Crippen LogP contribution in [0.25, 0.3) is 0 Å². The van der Waals surface area contributed by atoms with Gasteiger partial charge in [-0.05, 0) is 114 Å². The van der Waals surface area contributed by atoms with Crippen molar-refractivity contribution < 1.29 is 9.90 Å². The monoisotopic (exact) mass is 499 g/mol. The van der Waals surface area contributed by atoms with Crippen molar-refractivity contribution in [3.63, 3.8) is 0 Å². The Morgan fingerprint density at radius 2 is 1.47 bits per heavy atom. The minimum Gasteiger partial charge on any atom is -0.387 e. The Morgan fingerprint density at radius 1 is 0.861 bits per heavy atom. The van der Waals surface area contributed by atoms with Crippen molar-refractivity contribution in [1.82, 2.24) is 5.43 Å². The van der Waals surface area contributed by atoms with Gasteiger partial charge in [-0.3, -0.25) is 0 Å². The molecule has 0 aromatic heterocycles. The number of hydrogen-bond acceptors (Lipinski definition) is 3. The largest absolute Gasteiger partial charge is 0.387 e. The molecule has 5 fully saturated rings. The second-order valence-corrected chi connectivity index (χ2v) is 16.1. The van der Waals surface area contributed by atoms with Gasteiger partial charge in [0.2, 0.25) is 0 Å². The number of nitrogens with zero attached hydrogens (tertiary/aromatic N) is 1. The highest BCUT2D eigenvalue weighted by molar-refractivity contribution is 5.92. The first-order valence-electron chi connectivity index (χ1n) is 14.8. The molecule has 0 spiro atoms. The van der Waals surface area contributed by atoms with Gasteiger partial charge in [0.05, 0.1) is 11.8 Å². The average molecular weight is 500 g/mol. The summed E-state index contributed by atoms with van der Waals surface area (Å²) in [6, 6.07) is -0.667. The lowest BCUT2D eigenvalue weighted by molar-refractivity contribution is -0.256. The molecule has 0 radical (unpaired) electrons. The topological polar surface area (TPSA) is 87.7 Å². The Labute approximate surface area is 219 Å². The van der Waals surface area contributed by atoms with Crippen LogP contribution in [-0.2, 0) is 0 Å². The second kappa shape index (κ2) is 7.96. The maximum atomic E-state index is 11.3. The summed E-state index contributed by atoms with van der Waals surface area (Å²) in [4.78, 5) is 11.3. The number of urea groups is 1. The van der Waals surface area contributed by atoms with Crippen LogP contribution < -0.4 is 11.2 Å². The van der Waals surface area contributed by atoms with Crippen molar-refractivity contribution in [3.05, 3.63) is 0 Å². The van der Waals surface area contributed by atoms with Crippen molar-refractivity contribution in [2.24, 2.45) is 67.0 Å². The van der Waals surface area contributed by atoms with Crippen LogP contribution in [0.1, 0.15) is 120 Å². The first-order valence-corrected chi connectivity index (χ1v) is 14.8. The van der Waals surface area contributed by atoms with Gasteiger partial charge in [-0.1, -0.05) is 55.4 Å². The zero-order valence-electron chi connectivity index (χ0n) is 24.3. The maximum absolute atomic E-state index is 11.3. The van der Waals surface area contributed by atoms with E-state index in [1.54, 1.807) is 0 Å². The minimum atomic E-state index is -0.667. The highest BCUT2D eigenvalue weighted by atomic mass is 16.3. The number of aliphatic hydroxyl groups is 1. The lowest BCUT2D eigenvalue weighted by atomic mass is 9.30. The van der Waals surface area contributed by atoms with Gasteiger partial charge in [0, 0.05) is 5.92 Å². The van der Waals surface area contributed by atoms with Gasteiger partial charge in [-0.15, -0.1) is 0 Å². The van der Waals surface area contributed by atoms with Gasteiger partial charge in [0.1, 0.15) is 0 Å². The predicted molar refractivity (Wildman–Crippen MR) is 146 cm³/mol. The molecular formula is C31H53N3O2. The molecule has 0 aliphatic heterocycles. The summed E-state index contributed by atoms with van der Waals surface area (Å²) in [6.45, 7) is 20.3. The Bertz CT molecular complexity index is 961. The molecule has 4 N–H and O–H groups in total. The van der Waals surface area contributed by atoms with Crippen molar-refractivity contribution >= 4 is 11.7 Å². The van der Waals surface area contributed by atoms with Crippen LogP contribution in [0.5, 0.6) is 0 Å². The summed E-state index contributed by atoms with van der Waals surface area (Å²) in [5.41, 5.74) is 10.4. The first-order chi connectivity index (χ1) is 16.5. The van der Waals surface area contributed by atoms with Gasteiger partial charge in [0.15, 0.2) is 0 Å². The number of primary amides is 1. The van der Waals surface area contributed by atoms with Crippen molar-refractivity contribution in [2.75, 3.05) is 0 Å². The fourth-order valence-electron chi connectivity index (χ4n) is 11.5. The van der Waals surface area contributed by atoms with Crippen LogP contribution in [0, 0.1) is 56.2 Å². The number of carbonyl (C=O) groups excluding carboxylic acids is 1. The predicted octanol–water partition coefficient (Wildman–Crippen LogP) is 6.88. The van der Waals surface area contributed by atoms with Crippen LogP contribution in [-0.4, -0.2) is 23.0 Å². The average Bonchev–Trinajstić information content (AvgIpc) is 2.78. The molecule has 204 valence electrons. The molecule has 5 aliphatic rings. The van der Waals surface area contributed by atoms with E-state index in [1.807, 2.05) is 0 Å². The molecule has 0 heterocycles. The van der Waals surface area contributed by atoms with E-state index in [2.05, 4.69) is 65.9 Å². The Balaban J connectivity index is 1.51. The number of nitrogens with two attached hydrogens (primary N) is 1. The van der Waals surface area contributed by atoms with E-state index in [9.17, 15) is 9.90 Å². The molecule has 0 aromatic carbocycles. The highest BCUT2D eigenvalue weighted by Gasteiger charge is 2.71. The molecule has 10 atom stereocenters. The summed E-state index contributed by atoms with van der Waals surface area (Å²) >= 11 is 0. The van der Waals surface area contributed by atoms with Crippen molar-refractivity contribution in [3.8, 4) is 0 Å². The van der Waals surface area contributed by atoms with Crippen LogP contribution in [0.15, 0.2) is 5.10 Å². The van der Waals surface area contributed by atoms with Crippen molar-refractivity contribution in [1.29, 1.82) is 0 Å². The maximum Gasteiger partial charge on any atom is 0.332 e. The fourth-order valence-corrected chi connectivity index (χ4v) is 11.5. The standard InChI is InChI=1S/C31H53N3O2/c1-19-24(33-34-25(32)36)20(35)17-22-28(19,5)10-9-21-29(22,6)14-16-31(8)23-18-26(2,3)11-12-27(23,4)13-15-30(21,31)7/h19-23,35H,9-18H2,1-8H3,(H3,32,34,36). The second-order valence-electron chi connectivity index (χ2n) is 16.1. The smallest absolute Gasteiger partial charge is 0.332 e. The van der Waals surface area contributed by atoms with Crippen LogP contribution in [0.2, 0.25) is 0 Å². The zero-order valence-corrected chi connectivity index (χ0v) is 24.3. The van der Waals surface area contributed by atoms with Gasteiger partial charge >= 0.3 is 6.03 Å². The molecule has 5 saturated carbocycles. The van der Waals surface area contributed by atoms with E-state index in [4.69, 9.17) is 5.73 Å². The quantitative estimate of drug-likeness (QED) is 0.343. The number of carbonyl (C=O) groups is 1. The number of hydrogen-bond donors (Lipinski definition) is 3. The molecule has 5 aliphatic carbocycles. The number of hydrazone groups is 1. The van der Waals surface area contributed by atoms with E-state index in [1.165, 1.54) is 57.8 Å². The van der Waals surface area contributed by atoms with Gasteiger partial charge in [-0.25, -0.2) is 10.2 Å². The van der Waals surface area contributed by atoms with Gasteiger partial charge < -0.3 is 10.8 Å². The number of amides is 2. The van der Waals surface area contributed by atoms with E-state index >= 15 is 0 Å². The summed E-state index contributed by atoms with van der Waals surface area (Å²) in [6.07, 6.45) is 12.0. The van der Waals surface area contributed by atoms with E-state index < -0.39 is 12.1 Å². The van der Waals surface area contributed by atoms with E-state index in [0.29, 0.717) is 39.2 Å². The zero-order chi connectivity index (χ0) is 26.5. The van der Waals surface area contributed by atoms with Gasteiger partial charge in [0.25, 0.3) is 0 Å². The number of rotatable bonds is 1. The first kappa shape index (κ1) is 26.5. The van der Waals surface area contributed by atoms with Crippen LogP contribution in [0.3, 0.4) is 0 Å². The highest BCUT2D eigenvalue weighted by Crippen LogP contribution is 2.78. The SMILES string of the molecule is CC1C(=NNC(N)=O)C(O)CC2C1(C)CCC1C2(C)CCC2(C)C3CC(C)(C)CCC3(C)CCC12C. The summed E-state index contributed by atoms with van der Waals surface area (Å²) < 4.78 is 0. The minimum absolute atomic E-state index is 0.0722. The molecular weight excluding hydrogens is 446 g/mol. The van der Waals surface area contributed by atoms with Gasteiger partial charge in [-0.2, -0.15) is 5.10 Å². The molecule has 0 bridgehead atoms. The molecule has 0 aromatic rings. The third-order valence-corrected chi connectivity index (χ3v) is 14.1. The lowest BCUT2D eigenvalue weighted by Crippen LogP contribution is -2.68. The molecule has 5 rings (SSSR count). The number of nitrogens with one attached hydrogen (secondary N) is 1. The molecule has 36 heavy (non-hydrogen) atoms. The summed E-state index contributed by atoms with van der Waals surface area (Å²) in [5, 5.41) is 15.6. The third-order valence-electron chi connectivity index (χ3n) is 14.1. The molecule has 5 heteroatoms. The molecule has 0 saturated heterocycles. The Kier molecular flexibility index (Phi) is 5.86. The van der Waals surface area contributed by atoms with E-state index in [0.717, 1.165) is 12.3 Å². The molecule has 5 nitrogen and oxygen atoms in total. The Morgan fingerprint density at radius 3 is 2.14 bits per heavy atom. The summed E-state index contributed by atoms with van der Waals surface area (Å²) in [5.74, 6) is 2.07. The third kappa shape index (κ3) is 3.42. The normalized spacial score (nSPS) is 55.0. The number of fused-ring (bicyclic) bond motifs is 7.